The van der Waals surface area contributed by atoms with E-state index in [1.165, 1.54) is 29.5 Å². The van der Waals surface area contributed by atoms with Gasteiger partial charge in [-0.25, -0.2) is 0 Å². The van der Waals surface area contributed by atoms with Crippen LogP contribution in [0.1, 0.15) is 24.0 Å². The van der Waals surface area contributed by atoms with Gasteiger partial charge in [0.1, 0.15) is 5.75 Å². The van der Waals surface area contributed by atoms with Gasteiger partial charge in [-0.3, -0.25) is 4.90 Å². The van der Waals surface area contributed by atoms with E-state index in [-0.39, 0.29) is 0 Å². The van der Waals surface area contributed by atoms with Gasteiger partial charge in [0.25, 0.3) is 0 Å². The number of hydrogen-bond donors (Lipinski definition) is 1. The molecule has 0 atom stereocenters. The number of aromatic nitrogens is 1. The van der Waals surface area contributed by atoms with Gasteiger partial charge in [0.2, 0.25) is 0 Å². The van der Waals surface area contributed by atoms with Crippen LogP contribution < -0.4 is 9.64 Å². The van der Waals surface area contributed by atoms with Crippen LogP contribution >= 0.6 is 0 Å². The molecule has 4 rings (SSSR count). The zero-order valence-corrected chi connectivity index (χ0v) is 17.0. The molecule has 0 amide bonds. The molecule has 0 saturated carbocycles. The topological polar surface area (TPSA) is 55.3 Å². The van der Waals surface area contributed by atoms with Gasteiger partial charge in [-0.1, -0.05) is 6.07 Å². The summed E-state index contributed by atoms with van der Waals surface area (Å²) in [6.45, 7) is 5.49. The van der Waals surface area contributed by atoms with Gasteiger partial charge in [-0.15, -0.1) is 0 Å². The van der Waals surface area contributed by atoms with Crippen molar-refractivity contribution in [1.82, 2.24) is 9.88 Å². The maximum atomic E-state index is 9.13. The zero-order valence-electron chi connectivity index (χ0n) is 17.0. The smallest absolute Gasteiger partial charge is 0.120 e. The van der Waals surface area contributed by atoms with Crippen molar-refractivity contribution in [3.8, 4) is 11.8 Å². The maximum absolute atomic E-state index is 9.13. The molecule has 1 aliphatic rings. The summed E-state index contributed by atoms with van der Waals surface area (Å²) < 4.78 is 5.35. The van der Waals surface area contributed by atoms with Gasteiger partial charge < -0.3 is 14.6 Å². The fourth-order valence-corrected chi connectivity index (χ4v) is 4.14. The van der Waals surface area contributed by atoms with E-state index in [2.05, 4.69) is 45.2 Å². The van der Waals surface area contributed by atoms with Crippen LogP contribution in [-0.2, 0) is 6.42 Å². The highest BCUT2D eigenvalue weighted by atomic mass is 16.5. The summed E-state index contributed by atoms with van der Waals surface area (Å²) in [5, 5.41) is 10.3. The fraction of sp³-hybridized carbons (Fsp3) is 0.375. The van der Waals surface area contributed by atoms with Gasteiger partial charge in [0.05, 0.1) is 18.7 Å². The van der Waals surface area contributed by atoms with Gasteiger partial charge in [0, 0.05) is 55.0 Å². The minimum atomic E-state index is 0.729. The highest BCUT2D eigenvalue weighted by molar-refractivity contribution is 5.84. The first-order chi connectivity index (χ1) is 14.3. The number of ether oxygens (including phenoxy) is 1. The van der Waals surface area contributed by atoms with E-state index in [4.69, 9.17) is 10.00 Å². The molecule has 0 radical (unpaired) electrons. The van der Waals surface area contributed by atoms with Crippen LogP contribution in [-0.4, -0.2) is 49.7 Å². The Morgan fingerprint density at radius 2 is 1.93 bits per heavy atom. The van der Waals surface area contributed by atoms with Crippen LogP contribution in [0.15, 0.2) is 48.7 Å². The number of nitrogens with one attached hydrogen (secondary N) is 1. The Bertz CT molecular complexity index is 996. The number of nitrogens with zero attached hydrogens (tertiary/aromatic N) is 3. The summed E-state index contributed by atoms with van der Waals surface area (Å²) in [5.41, 5.74) is 4.42. The summed E-state index contributed by atoms with van der Waals surface area (Å²) in [4.78, 5) is 8.34. The summed E-state index contributed by atoms with van der Waals surface area (Å²) >= 11 is 0. The first-order valence-electron chi connectivity index (χ1n) is 10.4. The second-order valence-electron chi connectivity index (χ2n) is 7.67. The number of benzene rings is 2. The second-order valence-corrected chi connectivity index (χ2v) is 7.67. The third-order valence-corrected chi connectivity index (χ3v) is 5.86. The van der Waals surface area contributed by atoms with Crippen molar-refractivity contribution >= 4 is 16.6 Å². The summed E-state index contributed by atoms with van der Waals surface area (Å²) in [6, 6.07) is 16.4. The van der Waals surface area contributed by atoms with E-state index >= 15 is 0 Å². The molecule has 5 heteroatoms. The van der Waals surface area contributed by atoms with Crippen LogP contribution in [0.5, 0.6) is 5.75 Å². The number of H-pyrrole nitrogens is 1. The summed E-state index contributed by atoms with van der Waals surface area (Å²) in [5.74, 6) is 0.920. The van der Waals surface area contributed by atoms with Crippen LogP contribution in [0, 0.1) is 11.3 Å². The van der Waals surface area contributed by atoms with Crippen LogP contribution in [0.4, 0.5) is 5.69 Å². The van der Waals surface area contributed by atoms with Crippen molar-refractivity contribution in [3.05, 3.63) is 59.8 Å². The van der Waals surface area contributed by atoms with Crippen molar-refractivity contribution in [1.29, 1.82) is 5.26 Å². The van der Waals surface area contributed by atoms with Crippen molar-refractivity contribution in [3.63, 3.8) is 0 Å². The lowest BCUT2D eigenvalue weighted by atomic mass is 10.1. The minimum absolute atomic E-state index is 0.729. The van der Waals surface area contributed by atoms with E-state index in [0.29, 0.717) is 0 Å². The maximum Gasteiger partial charge on any atom is 0.120 e. The van der Waals surface area contributed by atoms with Crippen LogP contribution in [0.2, 0.25) is 0 Å². The number of nitriles is 1. The fourth-order valence-electron chi connectivity index (χ4n) is 4.14. The van der Waals surface area contributed by atoms with Crippen molar-refractivity contribution in [2.45, 2.75) is 19.3 Å². The molecule has 29 heavy (non-hydrogen) atoms. The first kappa shape index (κ1) is 19.4. The lowest BCUT2D eigenvalue weighted by Gasteiger charge is -2.36. The van der Waals surface area contributed by atoms with Crippen LogP contribution in [0.25, 0.3) is 10.9 Å². The number of anilines is 1. The Balaban J connectivity index is 1.23. The number of rotatable bonds is 7. The van der Waals surface area contributed by atoms with Gasteiger partial charge in [-0.2, -0.15) is 5.26 Å². The Kier molecular flexibility index (Phi) is 6.02. The molecular weight excluding hydrogens is 360 g/mol. The average Bonchev–Trinajstić information content (AvgIpc) is 3.19. The molecule has 1 fully saturated rings. The third-order valence-electron chi connectivity index (χ3n) is 5.86. The molecule has 2 heterocycles. The standard InChI is InChI=1S/C24H28N4O/c1-29-22-7-4-6-21(16-22)28-13-11-27(12-14-28)10-3-2-5-20-18-26-24-9-8-19(17-25)15-23(20)24/h4,6-9,15-16,18,26H,2-3,5,10-14H2,1H3. The van der Waals surface area contributed by atoms with E-state index in [1.807, 2.05) is 24.3 Å². The molecule has 3 aromatic rings. The zero-order chi connectivity index (χ0) is 20.1. The highest BCUT2D eigenvalue weighted by Crippen LogP contribution is 2.23. The average molecular weight is 389 g/mol. The lowest BCUT2D eigenvalue weighted by molar-refractivity contribution is 0.253. The van der Waals surface area contributed by atoms with Crippen molar-refractivity contribution in [2.24, 2.45) is 0 Å². The van der Waals surface area contributed by atoms with E-state index in [0.717, 1.165) is 56.0 Å². The first-order valence-corrected chi connectivity index (χ1v) is 10.4. The van der Waals surface area contributed by atoms with E-state index in [9.17, 15) is 0 Å². The monoisotopic (exact) mass is 388 g/mol. The SMILES string of the molecule is COc1cccc(N2CCN(CCCCc3c[nH]c4ccc(C#N)cc34)CC2)c1. The Morgan fingerprint density at radius 1 is 1.07 bits per heavy atom. The van der Waals surface area contributed by atoms with Crippen molar-refractivity contribution < 1.29 is 4.74 Å². The summed E-state index contributed by atoms with van der Waals surface area (Å²) in [7, 11) is 1.72. The number of unbranched alkanes of at least 4 members (excludes halogenated alkanes) is 1. The molecule has 1 aromatic heterocycles. The van der Waals surface area contributed by atoms with Crippen molar-refractivity contribution in [2.75, 3.05) is 44.7 Å². The number of fused-ring (bicyclic) bond motifs is 1. The van der Waals surface area contributed by atoms with E-state index in [1.54, 1.807) is 7.11 Å². The Morgan fingerprint density at radius 3 is 2.72 bits per heavy atom. The molecule has 1 saturated heterocycles. The predicted octanol–water partition coefficient (Wildman–Crippen LogP) is 4.19. The molecule has 0 aliphatic carbocycles. The normalized spacial score (nSPS) is 14.8. The molecule has 0 spiro atoms. The van der Waals surface area contributed by atoms with Gasteiger partial charge in [-0.05, 0) is 61.7 Å². The number of hydrogen-bond acceptors (Lipinski definition) is 4. The lowest BCUT2D eigenvalue weighted by Crippen LogP contribution is -2.46. The molecular formula is C24H28N4O. The number of aryl methyl sites for hydroxylation is 1. The minimum Gasteiger partial charge on any atom is -0.497 e. The van der Waals surface area contributed by atoms with Crippen LogP contribution in [0.3, 0.4) is 0 Å². The molecule has 0 unspecified atom stereocenters. The predicted molar refractivity (Wildman–Crippen MR) is 118 cm³/mol. The molecule has 1 N–H and O–H groups in total. The second kappa shape index (κ2) is 9.02. The molecule has 5 nitrogen and oxygen atoms in total. The quantitative estimate of drug-likeness (QED) is 0.617. The molecule has 150 valence electrons. The Labute approximate surface area is 172 Å². The van der Waals surface area contributed by atoms with Gasteiger partial charge in [0.15, 0.2) is 0 Å². The summed E-state index contributed by atoms with van der Waals surface area (Å²) in [6.07, 6.45) is 5.51. The van der Waals surface area contributed by atoms with Gasteiger partial charge >= 0.3 is 0 Å². The largest absolute Gasteiger partial charge is 0.497 e. The number of piperazine rings is 1. The molecule has 2 aromatic carbocycles. The number of aromatic amines is 1. The van der Waals surface area contributed by atoms with E-state index < -0.39 is 0 Å². The third kappa shape index (κ3) is 4.55. The molecule has 0 bridgehead atoms. The Hall–Kier alpha value is -2.97. The molecule has 1 aliphatic heterocycles. The number of methoxy groups -OCH3 is 1. The highest BCUT2D eigenvalue weighted by Gasteiger charge is 2.17.